The number of rotatable bonds is 1. The van der Waals surface area contributed by atoms with E-state index in [4.69, 9.17) is 4.74 Å². The van der Waals surface area contributed by atoms with E-state index in [0.29, 0.717) is 0 Å². The highest BCUT2D eigenvalue weighted by Gasteiger charge is 2.23. The summed E-state index contributed by atoms with van der Waals surface area (Å²) in [5, 5.41) is 1.03. The molecule has 0 bridgehead atoms. The van der Waals surface area contributed by atoms with Crippen LogP contribution >= 0.6 is 0 Å². The Bertz CT molecular complexity index is 610. The van der Waals surface area contributed by atoms with Crippen LogP contribution in [-0.2, 0) is 17.7 Å². The van der Waals surface area contributed by atoms with Crippen molar-refractivity contribution in [2.45, 2.75) is 26.3 Å². The Hall–Kier alpha value is -1.77. The van der Waals surface area contributed by atoms with Crippen molar-refractivity contribution in [1.82, 2.24) is 4.57 Å². The topological polar surface area (TPSA) is 31.2 Å². The maximum Gasteiger partial charge on any atom is 0.340 e. The molecular weight excluding hydrogens is 214 g/mol. The molecule has 2 aromatic rings. The van der Waals surface area contributed by atoms with Crippen LogP contribution in [0, 0.1) is 6.92 Å². The lowest BCUT2D eigenvalue weighted by Crippen LogP contribution is -2.09. The van der Waals surface area contributed by atoms with Gasteiger partial charge in [0.05, 0.1) is 18.2 Å². The van der Waals surface area contributed by atoms with Crippen molar-refractivity contribution < 1.29 is 9.53 Å². The second-order valence-electron chi connectivity index (χ2n) is 4.52. The predicted octanol–water partition coefficient (Wildman–Crippen LogP) is 2.68. The molecule has 0 N–H and O–H groups in total. The highest BCUT2D eigenvalue weighted by molar-refractivity contribution is 6.06. The molecule has 0 saturated carbocycles. The number of carbonyl (C=O) groups excluding carboxylic acids is 1. The van der Waals surface area contributed by atoms with Crippen molar-refractivity contribution in [3.63, 3.8) is 0 Å². The number of ether oxygens (including phenoxy) is 1. The molecule has 0 amide bonds. The first kappa shape index (κ1) is 10.4. The monoisotopic (exact) mass is 229 g/mol. The zero-order valence-corrected chi connectivity index (χ0v) is 10.1. The minimum Gasteiger partial charge on any atom is -0.465 e. The van der Waals surface area contributed by atoms with Crippen LogP contribution in [0.5, 0.6) is 0 Å². The highest BCUT2D eigenvalue weighted by atomic mass is 16.5. The summed E-state index contributed by atoms with van der Waals surface area (Å²) in [7, 11) is 1.44. The molecule has 1 aliphatic rings. The van der Waals surface area contributed by atoms with Gasteiger partial charge >= 0.3 is 5.97 Å². The molecule has 3 rings (SSSR count). The van der Waals surface area contributed by atoms with Crippen LogP contribution in [0.3, 0.4) is 0 Å². The maximum absolute atomic E-state index is 11.9. The molecule has 1 aliphatic heterocycles. The minimum absolute atomic E-state index is 0.231. The molecule has 0 atom stereocenters. The number of nitrogens with zero attached hydrogens (tertiary/aromatic N) is 1. The zero-order valence-electron chi connectivity index (χ0n) is 10.1. The van der Waals surface area contributed by atoms with Gasteiger partial charge in [0.1, 0.15) is 0 Å². The van der Waals surface area contributed by atoms with Crippen LogP contribution < -0.4 is 0 Å². The standard InChI is InChI=1S/C14H15NO2/c1-9-12(14(16)17-2)11-7-3-5-10-6-4-8-15(9)13(10)11/h3,5,7H,4,6,8H2,1-2H3. The van der Waals surface area contributed by atoms with Gasteiger partial charge in [0.15, 0.2) is 0 Å². The number of para-hydroxylation sites is 1. The normalized spacial score (nSPS) is 14.0. The number of benzene rings is 1. The van der Waals surface area contributed by atoms with Crippen LogP contribution in [0.15, 0.2) is 18.2 Å². The summed E-state index contributed by atoms with van der Waals surface area (Å²) < 4.78 is 7.14. The third-order valence-electron chi connectivity index (χ3n) is 3.64. The Labute approximate surface area is 100.0 Å². The van der Waals surface area contributed by atoms with E-state index in [2.05, 4.69) is 10.6 Å². The van der Waals surface area contributed by atoms with Gasteiger partial charge in [-0.15, -0.1) is 0 Å². The lowest BCUT2D eigenvalue weighted by molar-refractivity contribution is 0.0602. The third-order valence-corrected chi connectivity index (χ3v) is 3.64. The Morgan fingerprint density at radius 3 is 3.00 bits per heavy atom. The summed E-state index contributed by atoms with van der Waals surface area (Å²) in [6.07, 6.45) is 2.24. The summed E-state index contributed by atoms with van der Waals surface area (Å²) >= 11 is 0. The van der Waals surface area contributed by atoms with E-state index in [9.17, 15) is 4.79 Å². The fraction of sp³-hybridized carbons (Fsp3) is 0.357. The molecule has 0 fully saturated rings. The molecule has 0 radical (unpaired) electrons. The summed E-state index contributed by atoms with van der Waals surface area (Å²) in [6.45, 7) is 3.00. The molecule has 0 unspecified atom stereocenters. The second-order valence-corrected chi connectivity index (χ2v) is 4.52. The molecule has 17 heavy (non-hydrogen) atoms. The lowest BCUT2D eigenvalue weighted by Gasteiger charge is -2.16. The van der Waals surface area contributed by atoms with Crippen molar-refractivity contribution in [2.75, 3.05) is 7.11 Å². The van der Waals surface area contributed by atoms with Crippen LogP contribution in [-0.4, -0.2) is 17.6 Å². The third kappa shape index (κ3) is 1.32. The molecule has 1 aromatic carbocycles. The van der Waals surface area contributed by atoms with E-state index in [1.807, 2.05) is 19.1 Å². The number of hydrogen-bond donors (Lipinski definition) is 0. The summed E-state index contributed by atoms with van der Waals surface area (Å²) in [6, 6.07) is 6.19. The van der Waals surface area contributed by atoms with E-state index in [1.54, 1.807) is 0 Å². The Balaban J connectivity index is 2.42. The molecule has 0 spiro atoms. The summed E-state index contributed by atoms with van der Waals surface area (Å²) in [5.74, 6) is -0.231. The van der Waals surface area contributed by atoms with Crippen LogP contribution in [0.25, 0.3) is 10.9 Å². The van der Waals surface area contributed by atoms with Crippen LogP contribution in [0.2, 0.25) is 0 Å². The molecule has 2 heterocycles. The van der Waals surface area contributed by atoms with Crippen LogP contribution in [0.4, 0.5) is 0 Å². The molecule has 0 saturated heterocycles. The second kappa shape index (κ2) is 3.62. The molecular formula is C14H15NO2. The van der Waals surface area contributed by atoms with Gasteiger partial charge in [-0.1, -0.05) is 18.2 Å². The molecule has 3 heteroatoms. The minimum atomic E-state index is -0.231. The van der Waals surface area contributed by atoms with Crippen molar-refractivity contribution in [2.24, 2.45) is 0 Å². The summed E-state index contributed by atoms with van der Waals surface area (Å²) in [5.41, 5.74) is 4.31. The number of methoxy groups -OCH3 is 1. The van der Waals surface area contributed by atoms with Gasteiger partial charge in [-0.25, -0.2) is 4.79 Å². The van der Waals surface area contributed by atoms with Gasteiger partial charge in [-0.3, -0.25) is 0 Å². The number of hydrogen-bond acceptors (Lipinski definition) is 2. The SMILES string of the molecule is COC(=O)c1c(C)n2c3c(cccc13)CCC2. The Kier molecular flexibility index (Phi) is 2.21. The number of carbonyl (C=O) groups is 1. The molecule has 1 aromatic heterocycles. The van der Waals surface area contributed by atoms with Gasteiger partial charge in [-0.05, 0) is 25.3 Å². The Morgan fingerprint density at radius 1 is 1.41 bits per heavy atom. The van der Waals surface area contributed by atoms with E-state index < -0.39 is 0 Å². The first-order valence-electron chi connectivity index (χ1n) is 5.93. The average Bonchev–Trinajstić information content (AvgIpc) is 2.65. The van der Waals surface area contributed by atoms with E-state index in [0.717, 1.165) is 36.0 Å². The fourth-order valence-corrected chi connectivity index (χ4v) is 2.88. The zero-order chi connectivity index (χ0) is 12.0. The first-order chi connectivity index (χ1) is 8.24. The van der Waals surface area contributed by atoms with Crippen molar-refractivity contribution in [3.05, 3.63) is 35.0 Å². The fourth-order valence-electron chi connectivity index (χ4n) is 2.88. The van der Waals surface area contributed by atoms with Gasteiger partial charge < -0.3 is 9.30 Å². The molecule has 0 aliphatic carbocycles. The van der Waals surface area contributed by atoms with E-state index in [1.165, 1.54) is 18.2 Å². The average molecular weight is 229 g/mol. The smallest absolute Gasteiger partial charge is 0.340 e. The summed E-state index contributed by atoms with van der Waals surface area (Å²) in [4.78, 5) is 11.9. The van der Waals surface area contributed by atoms with Crippen molar-refractivity contribution in [3.8, 4) is 0 Å². The van der Waals surface area contributed by atoms with E-state index >= 15 is 0 Å². The largest absolute Gasteiger partial charge is 0.465 e. The van der Waals surface area contributed by atoms with Crippen molar-refractivity contribution >= 4 is 16.9 Å². The van der Waals surface area contributed by atoms with Gasteiger partial charge in [-0.2, -0.15) is 0 Å². The highest BCUT2D eigenvalue weighted by Crippen LogP contribution is 2.32. The van der Waals surface area contributed by atoms with Gasteiger partial charge in [0.25, 0.3) is 0 Å². The molecule has 3 nitrogen and oxygen atoms in total. The lowest BCUT2D eigenvalue weighted by atomic mass is 10.0. The Morgan fingerprint density at radius 2 is 2.24 bits per heavy atom. The van der Waals surface area contributed by atoms with Gasteiger partial charge in [0.2, 0.25) is 0 Å². The van der Waals surface area contributed by atoms with Crippen LogP contribution in [0.1, 0.15) is 28.0 Å². The quantitative estimate of drug-likeness (QED) is 0.704. The molecule has 88 valence electrons. The van der Waals surface area contributed by atoms with Gasteiger partial charge in [0, 0.05) is 17.6 Å². The maximum atomic E-state index is 11.9. The predicted molar refractivity (Wildman–Crippen MR) is 66.3 cm³/mol. The first-order valence-corrected chi connectivity index (χ1v) is 5.93. The number of esters is 1. The number of aromatic nitrogens is 1. The number of aryl methyl sites for hydroxylation is 2. The van der Waals surface area contributed by atoms with Crippen molar-refractivity contribution in [1.29, 1.82) is 0 Å². The van der Waals surface area contributed by atoms with E-state index in [-0.39, 0.29) is 5.97 Å².